The first kappa shape index (κ1) is 23.8. The van der Waals surface area contributed by atoms with Crippen molar-refractivity contribution in [3.8, 4) is 0 Å². The van der Waals surface area contributed by atoms with Gasteiger partial charge in [-0.25, -0.2) is 0 Å². The van der Waals surface area contributed by atoms with Crippen molar-refractivity contribution in [2.75, 3.05) is 25.9 Å². The van der Waals surface area contributed by atoms with Crippen LogP contribution in [0.25, 0.3) is 0 Å². The summed E-state index contributed by atoms with van der Waals surface area (Å²) >= 11 is 1.97. The van der Waals surface area contributed by atoms with Crippen LogP contribution in [0.15, 0.2) is 4.99 Å². The van der Waals surface area contributed by atoms with Gasteiger partial charge in [-0.15, -0.1) is 24.0 Å². The maximum atomic E-state index is 11.8. The molecule has 5 nitrogen and oxygen atoms in total. The van der Waals surface area contributed by atoms with E-state index in [2.05, 4.69) is 34.1 Å². The van der Waals surface area contributed by atoms with Gasteiger partial charge in [0.1, 0.15) is 0 Å². The molecule has 1 saturated carbocycles. The van der Waals surface area contributed by atoms with Crippen LogP contribution in [0.4, 0.5) is 0 Å². The normalized spacial score (nSPS) is 21.6. The largest absolute Gasteiger partial charge is 0.357 e. The molecule has 142 valence electrons. The molecule has 3 N–H and O–H groups in total. The number of carbonyl (C=O) groups is 1. The highest BCUT2D eigenvalue weighted by Crippen LogP contribution is 2.26. The van der Waals surface area contributed by atoms with E-state index < -0.39 is 0 Å². The first-order valence-electron chi connectivity index (χ1n) is 8.72. The van der Waals surface area contributed by atoms with Gasteiger partial charge in [-0.3, -0.25) is 9.79 Å². The Labute approximate surface area is 169 Å². The predicted octanol–water partition coefficient (Wildman–Crippen LogP) is 3.00. The monoisotopic (exact) mass is 470 g/mol. The standard InChI is InChI=1S/C17H34N4OS.HI/c1-6-18-16(20-11-10-19-15(22)17(2,3)4)21-13-8-7-9-14(12-13)23-5;/h13-14H,6-12H2,1-5H3,(H,19,22)(H2,18,20,21);1H. The van der Waals surface area contributed by atoms with Gasteiger partial charge in [0.2, 0.25) is 5.91 Å². The lowest BCUT2D eigenvalue weighted by Gasteiger charge is -2.29. The fourth-order valence-corrected chi connectivity index (χ4v) is 3.43. The van der Waals surface area contributed by atoms with E-state index in [9.17, 15) is 4.79 Å². The van der Waals surface area contributed by atoms with Crippen LogP contribution in [0.1, 0.15) is 53.4 Å². The summed E-state index contributed by atoms with van der Waals surface area (Å²) in [4.78, 5) is 16.4. The molecule has 2 unspecified atom stereocenters. The van der Waals surface area contributed by atoms with Crippen molar-refractivity contribution in [3.05, 3.63) is 0 Å². The second kappa shape index (κ2) is 12.2. The molecule has 0 heterocycles. The molecule has 0 saturated heterocycles. The maximum absolute atomic E-state index is 11.8. The highest BCUT2D eigenvalue weighted by atomic mass is 127. The highest BCUT2D eigenvalue weighted by Gasteiger charge is 2.22. The number of nitrogens with one attached hydrogen (secondary N) is 3. The molecule has 0 spiro atoms. The second-order valence-electron chi connectivity index (χ2n) is 7.13. The van der Waals surface area contributed by atoms with Crippen molar-refractivity contribution in [1.29, 1.82) is 0 Å². The van der Waals surface area contributed by atoms with Gasteiger partial charge in [-0.05, 0) is 32.4 Å². The molecule has 0 aromatic heterocycles. The zero-order valence-corrected chi connectivity index (χ0v) is 18.9. The van der Waals surface area contributed by atoms with Crippen molar-refractivity contribution < 1.29 is 4.79 Å². The van der Waals surface area contributed by atoms with Crippen molar-refractivity contribution in [3.63, 3.8) is 0 Å². The Hall–Kier alpha value is -0.180. The minimum Gasteiger partial charge on any atom is -0.357 e. The summed E-state index contributed by atoms with van der Waals surface area (Å²) in [5.41, 5.74) is -0.346. The quantitative estimate of drug-likeness (QED) is 0.242. The number of hydrogen-bond donors (Lipinski definition) is 3. The van der Waals surface area contributed by atoms with E-state index in [1.165, 1.54) is 25.7 Å². The van der Waals surface area contributed by atoms with Crippen LogP contribution >= 0.6 is 35.7 Å². The first-order chi connectivity index (χ1) is 10.9. The number of thioether (sulfide) groups is 1. The SMILES string of the molecule is CCNC(=NCCNC(=O)C(C)(C)C)NC1CCCC(SC)C1.I. The molecule has 0 radical (unpaired) electrons. The Morgan fingerprint density at radius 3 is 2.54 bits per heavy atom. The first-order valence-corrected chi connectivity index (χ1v) is 10.0. The second-order valence-corrected chi connectivity index (χ2v) is 8.27. The number of hydrogen-bond acceptors (Lipinski definition) is 3. The molecule has 2 atom stereocenters. The summed E-state index contributed by atoms with van der Waals surface area (Å²) in [5, 5.41) is 10.5. The molecule has 1 aliphatic carbocycles. The molecule has 7 heteroatoms. The van der Waals surface area contributed by atoms with Crippen LogP contribution in [0.3, 0.4) is 0 Å². The van der Waals surface area contributed by atoms with Crippen molar-refractivity contribution >= 4 is 47.6 Å². The van der Waals surface area contributed by atoms with Gasteiger partial charge in [0.05, 0.1) is 6.54 Å². The van der Waals surface area contributed by atoms with Crippen LogP contribution in [0, 0.1) is 5.41 Å². The number of guanidine groups is 1. The summed E-state index contributed by atoms with van der Waals surface area (Å²) in [6, 6.07) is 0.503. The average molecular weight is 470 g/mol. The molecule has 1 rings (SSSR count). The summed E-state index contributed by atoms with van der Waals surface area (Å²) in [7, 11) is 0. The van der Waals surface area contributed by atoms with E-state index >= 15 is 0 Å². The van der Waals surface area contributed by atoms with Gasteiger partial charge in [-0.2, -0.15) is 11.8 Å². The Bertz CT molecular complexity index is 399. The molecule has 24 heavy (non-hydrogen) atoms. The Morgan fingerprint density at radius 1 is 1.25 bits per heavy atom. The number of rotatable bonds is 6. The van der Waals surface area contributed by atoms with Crippen LogP contribution in [0.2, 0.25) is 0 Å². The molecule has 1 amide bonds. The predicted molar refractivity (Wildman–Crippen MR) is 117 cm³/mol. The van der Waals surface area contributed by atoms with E-state index in [0.29, 0.717) is 19.1 Å². The number of aliphatic imine (C=N–C) groups is 1. The summed E-state index contributed by atoms with van der Waals surface area (Å²) < 4.78 is 0. The van der Waals surface area contributed by atoms with Crippen molar-refractivity contribution in [2.24, 2.45) is 10.4 Å². The van der Waals surface area contributed by atoms with Crippen LogP contribution in [-0.4, -0.2) is 49.0 Å². The molecular formula is C17H35IN4OS. The fraction of sp³-hybridized carbons (Fsp3) is 0.882. The molecule has 0 bridgehead atoms. The number of amides is 1. The van der Waals surface area contributed by atoms with Crippen molar-refractivity contribution in [1.82, 2.24) is 16.0 Å². The van der Waals surface area contributed by atoms with Crippen molar-refractivity contribution in [2.45, 2.75) is 64.7 Å². The summed E-state index contributed by atoms with van der Waals surface area (Å²) in [6.45, 7) is 9.84. The zero-order valence-electron chi connectivity index (χ0n) is 15.8. The van der Waals surface area contributed by atoms with Crippen LogP contribution in [-0.2, 0) is 4.79 Å². The summed E-state index contributed by atoms with van der Waals surface area (Å²) in [5.74, 6) is 0.935. The van der Waals surface area contributed by atoms with Gasteiger partial charge in [0.15, 0.2) is 5.96 Å². The highest BCUT2D eigenvalue weighted by molar-refractivity contribution is 14.0. The Kier molecular flexibility index (Phi) is 12.1. The van der Waals surface area contributed by atoms with E-state index in [1.54, 1.807) is 0 Å². The van der Waals surface area contributed by atoms with Gasteiger partial charge in [0, 0.05) is 29.8 Å². The van der Waals surface area contributed by atoms with Gasteiger partial charge < -0.3 is 16.0 Å². The molecular weight excluding hydrogens is 435 g/mol. The lowest BCUT2D eigenvalue weighted by atomic mass is 9.95. The third-order valence-electron chi connectivity index (χ3n) is 3.99. The third-order valence-corrected chi connectivity index (χ3v) is 5.09. The Balaban J connectivity index is 0.00000529. The topological polar surface area (TPSA) is 65.5 Å². The van der Waals surface area contributed by atoms with Gasteiger partial charge in [-0.1, -0.05) is 27.2 Å². The average Bonchev–Trinajstić information content (AvgIpc) is 2.50. The van der Waals surface area contributed by atoms with Gasteiger partial charge >= 0.3 is 0 Å². The molecule has 1 aliphatic rings. The molecule has 0 aliphatic heterocycles. The summed E-state index contributed by atoms with van der Waals surface area (Å²) in [6.07, 6.45) is 7.22. The van der Waals surface area contributed by atoms with E-state index in [0.717, 1.165) is 17.8 Å². The van der Waals surface area contributed by atoms with E-state index in [1.807, 2.05) is 32.5 Å². The number of carbonyl (C=O) groups excluding carboxylic acids is 1. The smallest absolute Gasteiger partial charge is 0.225 e. The zero-order chi connectivity index (χ0) is 17.3. The minimum absolute atomic E-state index is 0. The Morgan fingerprint density at radius 2 is 1.96 bits per heavy atom. The van der Waals surface area contributed by atoms with Crippen LogP contribution < -0.4 is 16.0 Å². The lowest BCUT2D eigenvalue weighted by Crippen LogP contribution is -2.46. The fourth-order valence-electron chi connectivity index (χ4n) is 2.61. The molecule has 1 fully saturated rings. The van der Waals surface area contributed by atoms with Crippen LogP contribution in [0.5, 0.6) is 0 Å². The molecule has 0 aromatic rings. The van der Waals surface area contributed by atoms with E-state index in [4.69, 9.17) is 0 Å². The number of halogens is 1. The third kappa shape index (κ3) is 9.34. The number of nitrogens with zero attached hydrogens (tertiary/aromatic N) is 1. The lowest BCUT2D eigenvalue weighted by molar-refractivity contribution is -0.128. The molecule has 0 aromatic carbocycles. The minimum atomic E-state index is -0.346. The van der Waals surface area contributed by atoms with E-state index in [-0.39, 0.29) is 35.3 Å². The maximum Gasteiger partial charge on any atom is 0.225 e. The van der Waals surface area contributed by atoms with Gasteiger partial charge in [0.25, 0.3) is 0 Å².